The summed E-state index contributed by atoms with van der Waals surface area (Å²) in [4.78, 5) is 48.1. The molecule has 2 rings (SSSR count). The zero-order valence-corrected chi connectivity index (χ0v) is 17.7. The average molecular weight is 418 g/mol. The number of ketones is 2. The van der Waals surface area contributed by atoms with E-state index >= 15 is 0 Å². The summed E-state index contributed by atoms with van der Waals surface area (Å²) in [5.74, 6) is -2.46. The second-order valence-electron chi connectivity index (χ2n) is 7.78. The third kappa shape index (κ3) is 6.76. The highest BCUT2D eigenvalue weighted by molar-refractivity contribution is 6.16. The number of esters is 2. The summed E-state index contributed by atoms with van der Waals surface area (Å²) in [7, 11) is 0. The maximum Gasteiger partial charge on any atom is 0.324 e. The molecular formula is C23H31NO6. The van der Waals surface area contributed by atoms with Crippen molar-refractivity contribution < 1.29 is 28.7 Å². The molecule has 0 aliphatic heterocycles. The molecule has 1 unspecified atom stereocenters. The third-order valence-electron chi connectivity index (χ3n) is 5.57. The van der Waals surface area contributed by atoms with Crippen molar-refractivity contribution in [3.05, 3.63) is 29.8 Å². The minimum absolute atomic E-state index is 0.0482. The molecule has 2 N–H and O–H groups in total. The number of ether oxygens (including phenoxy) is 2. The second kappa shape index (κ2) is 11.6. The Bertz CT molecular complexity index is 749. The SMILES string of the molecule is CCOC(=O)C(C(C)=O)C(=O)CCc1ccc(OC(=O)[C@H]2CC[C@H](CN)CC2)cc1. The summed E-state index contributed by atoms with van der Waals surface area (Å²) < 4.78 is 10.3. The van der Waals surface area contributed by atoms with Crippen LogP contribution in [0.4, 0.5) is 0 Å². The molecule has 30 heavy (non-hydrogen) atoms. The van der Waals surface area contributed by atoms with E-state index < -0.39 is 23.5 Å². The lowest BCUT2D eigenvalue weighted by molar-refractivity contribution is -0.154. The van der Waals surface area contributed by atoms with Crippen LogP contribution in [0.15, 0.2) is 24.3 Å². The van der Waals surface area contributed by atoms with Gasteiger partial charge >= 0.3 is 11.9 Å². The molecule has 1 aliphatic rings. The number of Topliss-reactive ketones (excluding diaryl/α,β-unsaturated/α-hetero) is 2. The number of hydrogen-bond donors (Lipinski definition) is 1. The molecule has 1 fully saturated rings. The Morgan fingerprint density at radius 2 is 1.70 bits per heavy atom. The molecule has 0 radical (unpaired) electrons. The number of nitrogens with two attached hydrogens (primary N) is 1. The standard InChI is InChI=1S/C23H31NO6/c1-3-29-23(28)21(15(2)25)20(26)13-8-16-6-11-19(12-7-16)30-22(27)18-9-4-17(14-24)5-10-18/h6-7,11-12,17-18,21H,3-5,8-10,13-14,24H2,1-2H3/t17-,18-,21?. The van der Waals surface area contributed by atoms with Crippen LogP contribution < -0.4 is 10.5 Å². The van der Waals surface area contributed by atoms with Gasteiger partial charge < -0.3 is 15.2 Å². The molecule has 0 heterocycles. The first-order valence-corrected chi connectivity index (χ1v) is 10.6. The van der Waals surface area contributed by atoms with Crippen molar-refractivity contribution in [3.8, 4) is 5.75 Å². The van der Waals surface area contributed by atoms with Crippen molar-refractivity contribution in [1.82, 2.24) is 0 Å². The largest absolute Gasteiger partial charge is 0.465 e. The van der Waals surface area contributed by atoms with Crippen LogP contribution in [0.3, 0.4) is 0 Å². The van der Waals surface area contributed by atoms with Gasteiger partial charge in [-0.15, -0.1) is 0 Å². The number of benzene rings is 1. The fourth-order valence-corrected chi connectivity index (χ4v) is 3.72. The Morgan fingerprint density at radius 1 is 1.07 bits per heavy atom. The van der Waals surface area contributed by atoms with Crippen molar-refractivity contribution >= 4 is 23.5 Å². The van der Waals surface area contributed by atoms with E-state index in [1.165, 1.54) is 6.92 Å². The van der Waals surface area contributed by atoms with Gasteiger partial charge in [-0.1, -0.05) is 12.1 Å². The van der Waals surface area contributed by atoms with E-state index in [1.54, 1.807) is 31.2 Å². The van der Waals surface area contributed by atoms with Gasteiger partial charge in [-0.05, 0) is 76.1 Å². The van der Waals surface area contributed by atoms with Crippen LogP contribution in [0.1, 0.15) is 51.5 Å². The van der Waals surface area contributed by atoms with Gasteiger partial charge in [0.25, 0.3) is 0 Å². The first kappa shape index (κ1) is 23.7. The third-order valence-corrected chi connectivity index (χ3v) is 5.57. The lowest BCUT2D eigenvalue weighted by Gasteiger charge is -2.26. The van der Waals surface area contributed by atoms with Crippen LogP contribution in [0.2, 0.25) is 0 Å². The van der Waals surface area contributed by atoms with E-state index in [-0.39, 0.29) is 24.9 Å². The number of aryl methyl sites for hydroxylation is 1. The van der Waals surface area contributed by atoms with Crippen molar-refractivity contribution in [1.29, 1.82) is 0 Å². The first-order chi connectivity index (χ1) is 14.3. The summed E-state index contributed by atoms with van der Waals surface area (Å²) >= 11 is 0. The summed E-state index contributed by atoms with van der Waals surface area (Å²) in [6, 6.07) is 6.93. The Hall–Kier alpha value is -2.54. The zero-order chi connectivity index (χ0) is 22.1. The Labute approximate surface area is 177 Å². The molecule has 164 valence electrons. The molecule has 7 heteroatoms. The number of carbonyl (C=O) groups excluding carboxylic acids is 4. The number of carbonyl (C=O) groups is 4. The van der Waals surface area contributed by atoms with Gasteiger partial charge in [-0.25, -0.2) is 0 Å². The molecular weight excluding hydrogens is 386 g/mol. The van der Waals surface area contributed by atoms with Crippen molar-refractivity contribution in [2.45, 2.75) is 52.4 Å². The highest BCUT2D eigenvalue weighted by atomic mass is 16.5. The van der Waals surface area contributed by atoms with Crippen molar-refractivity contribution in [3.63, 3.8) is 0 Å². The van der Waals surface area contributed by atoms with Crippen LogP contribution >= 0.6 is 0 Å². The van der Waals surface area contributed by atoms with E-state index in [2.05, 4.69) is 0 Å². The van der Waals surface area contributed by atoms with Crippen LogP contribution in [0.5, 0.6) is 5.75 Å². The number of rotatable bonds is 10. The van der Waals surface area contributed by atoms with Gasteiger partial charge in [0.2, 0.25) is 0 Å². The van der Waals surface area contributed by atoms with Crippen LogP contribution in [-0.2, 0) is 30.3 Å². The number of hydrogen-bond acceptors (Lipinski definition) is 7. The topological polar surface area (TPSA) is 113 Å². The van der Waals surface area contributed by atoms with Crippen LogP contribution in [0.25, 0.3) is 0 Å². The molecule has 0 aromatic heterocycles. The molecule has 0 saturated heterocycles. The van der Waals surface area contributed by atoms with Gasteiger partial charge in [0, 0.05) is 6.42 Å². The fourth-order valence-electron chi connectivity index (χ4n) is 3.72. The van der Waals surface area contributed by atoms with Crippen molar-refractivity contribution in [2.75, 3.05) is 13.2 Å². The molecule has 0 amide bonds. The average Bonchev–Trinajstić information content (AvgIpc) is 2.73. The van der Waals surface area contributed by atoms with E-state index in [0.29, 0.717) is 24.6 Å². The Kier molecular flexibility index (Phi) is 9.17. The monoisotopic (exact) mass is 417 g/mol. The molecule has 1 saturated carbocycles. The normalized spacial score (nSPS) is 19.6. The summed E-state index contributed by atoms with van der Waals surface area (Å²) in [5, 5.41) is 0. The predicted octanol–water partition coefficient (Wildman–Crippen LogP) is 2.63. The summed E-state index contributed by atoms with van der Waals surface area (Å²) in [5.41, 5.74) is 6.53. The maximum atomic E-state index is 12.3. The maximum absolute atomic E-state index is 12.3. The minimum atomic E-state index is -1.36. The fraction of sp³-hybridized carbons (Fsp3) is 0.565. The second-order valence-corrected chi connectivity index (χ2v) is 7.78. The van der Waals surface area contributed by atoms with E-state index in [9.17, 15) is 19.2 Å². The predicted molar refractivity (Wildman–Crippen MR) is 111 cm³/mol. The molecule has 0 spiro atoms. The van der Waals surface area contributed by atoms with Gasteiger partial charge in [0.1, 0.15) is 5.75 Å². The lowest BCUT2D eigenvalue weighted by atomic mass is 9.82. The Balaban J connectivity index is 1.85. The van der Waals surface area contributed by atoms with Gasteiger partial charge in [0.05, 0.1) is 12.5 Å². The molecule has 0 bridgehead atoms. The molecule has 1 aromatic carbocycles. The van der Waals surface area contributed by atoms with Gasteiger partial charge in [-0.2, -0.15) is 0 Å². The van der Waals surface area contributed by atoms with E-state index in [0.717, 1.165) is 31.2 Å². The van der Waals surface area contributed by atoms with Crippen LogP contribution in [0, 0.1) is 17.8 Å². The van der Waals surface area contributed by atoms with E-state index in [4.69, 9.17) is 15.2 Å². The highest BCUT2D eigenvalue weighted by Gasteiger charge is 2.32. The van der Waals surface area contributed by atoms with Crippen molar-refractivity contribution in [2.24, 2.45) is 23.5 Å². The lowest BCUT2D eigenvalue weighted by Crippen LogP contribution is -2.32. The minimum Gasteiger partial charge on any atom is -0.465 e. The van der Waals surface area contributed by atoms with E-state index in [1.807, 2.05) is 0 Å². The molecule has 1 atom stereocenters. The Morgan fingerprint density at radius 3 is 2.23 bits per heavy atom. The van der Waals surface area contributed by atoms with Crippen LogP contribution in [-0.4, -0.2) is 36.7 Å². The quantitative estimate of drug-likeness (QED) is 0.354. The highest BCUT2D eigenvalue weighted by Crippen LogP contribution is 2.29. The molecule has 1 aromatic rings. The summed E-state index contributed by atoms with van der Waals surface area (Å²) in [6.07, 6.45) is 3.94. The summed E-state index contributed by atoms with van der Waals surface area (Å²) in [6.45, 7) is 3.62. The van der Waals surface area contributed by atoms with Gasteiger partial charge in [0.15, 0.2) is 17.5 Å². The first-order valence-electron chi connectivity index (χ1n) is 10.6. The van der Waals surface area contributed by atoms with Gasteiger partial charge in [-0.3, -0.25) is 19.2 Å². The molecule has 1 aliphatic carbocycles. The molecule has 7 nitrogen and oxygen atoms in total. The zero-order valence-electron chi connectivity index (χ0n) is 17.7. The smallest absolute Gasteiger partial charge is 0.324 e.